The second-order valence-corrected chi connectivity index (χ2v) is 4.37. The molecule has 2 rings (SSSR count). The molecule has 1 aromatic heterocycles. The molecule has 3 N–H and O–H groups in total. The van der Waals surface area contributed by atoms with Crippen molar-refractivity contribution in [2.45, 2.75) is 24.4 Å². The summed E-state index contributed by atoms with van der Waals surface area (Å²) in [5, 5.41) is 18.2. The van der Waals surface area contributed by atoms with Gasteiger partial charge < -0.3 is 14.9 Å². The third kappa shape index (κ3) is 2.31. The molecule has 1 fully saturated rings. The Labute approximate surface area is 105 Å². The summed E-state index contributed by atoms with van der Waals surface area (Å²) in [6.45, 7) is -1.30. The standard InChI is InChI=1S/C10H12F2N2O5/c11-5-1-10(3-15,4-16)19-8(5)14-2-6(12)7(17)13-9(14)18/h2,5,8,15-16H,1,3-4H2,(H,13,17,18)/t5-,8?/m0/s1. The van der Waals surface area contributed by atoms with E-state index in [0.29, 0.717) is 10.8 Å². The van der Waals surface area contributed by atoms with Crippen LogP contribution in [0.2, 0.25) is 0 Å². The maximum Gasteiger partial charge on any atom is 0.330 e. The summed E-state index contributed by atoms with van der Waals surface area (Å²) in [4.78, 5) is 24.0. The van der Waals surface area contributed by atoms with Gasteiger partial charge in [0.2, 0.25) is 5.82 Å². The first kappa shape index (κ1) is 13.8. The zero-order chi connectivity index (χ0) is 14.2. The molecule has 1 aliphatic rings. The zero-order valence-electron chi connectivity index (χ0n) is 9.68. The Hall–Kier alpha value is -1.58. The molecule has 1 unspecified atom stereocenters. The molecule has 0 aromatic carbocycles. The third-order valence-electron chi connectivity index (χ3n) is 3.02. The van der Waals surface area contributed by atoms with E-state index in [0.717, 1.165) is 0 Å². The van der Waals surface area contributed by atoms with Crippen LogP contribution in [0.25, 0.3) is 0 Å². The van der Waals surface area contributed by atoms with E-state index in [1.54, 1.807) is 4.98 Å². The topological polar surface area (TPSA) is 105 Å². The molecule has 1 aromatic rings. The van der Waals surface area contributed by atoms with Gasteiger partial charge in [0.05, 0.1) is 19.4 Å². The highest BCUT2D eigenvalue weighted by Crippen LogP contribution is 2.37. The van der Waals surface area contributed by atoms with Crippen molar-refractivity contribution in [3.8, 4) is 0 Å². The van der Waals surface area contributed by atoms with Gasteiger partial charge in [-0.1, -0.05) is 0 Å². The Morgan fingerprint density at radius 3 is 2.63 bits per heavy atom. The minimum atomic E-state index is -1.73. The molecular weight excluding hydrogens is 266 g/mol. The lowest BCUT2D eigenvalue weighted by Crippen LogP contribution is -2.39. The summed E-state index contributed by atoms with van der Waals surface area (Å²) in [5.74, 6) is -1.26. The predicted molar refractivity (Wildman–Crippen MR) is 57.8 cm³/mol. The lowest BCUT2D eigenvalue weighted by Gasteiger charge is -2.24. The Morgan fingerprint density at radius 1 is 1.47 bits per heavy atom. The minimum absolute atomic E-state index is 0.349. The Kier molecular flexibility index (Phi) is 3.52. The molecule has 2 heterocycles. The van der Waals surface area contributed by atoms with Gasteiger partial charge in [0.15, 0.2) is 6.23 Å². The van der Waals surface area contributed by atoms with Crippen LogP contribution in [0.15, 0.2) is 15.8 Å². The van der Waals surface area contributed by atoms with Crippen LogP contribution in [-0.4, -0.2) is 44.8 Å². The maximum absolute atomic E-state index is 13.8. The number of aliphatic hydroxyl groups excluding tert-OH is 2. The van der Waals surface area contributed by atoms with Crippen LogP contribution in [0.1, 0.15) is 12.6 Å². The van der Waals surface area contributed by atoms with Gasteiger partial charge in [-0.15, -0.1) is 0 Å². The first-order chi connectivity index (χ1) is 8.92. The van der Waals surface area contributed by atoms with Crippen molar-refractivity contribution in [2.24, 2.45) is 0 Å². The van der Waals surface area contributed by atoms with E-state index in [2.05, 4.69) is 0 Å². The number of ether oxygens (including phenoxy) is 1. The first-order valence-corrected chi connectivity index (χ1v) is 5.47. The summed E-state index contributed by atoms with van der Waals surface area (Å²) < 4.78 is 32.6. The number of alkyl halides is 1. The number of nitrogens with one attached hydrogen (secondary N) is 1. The molecule has 0 bridgehead atoms. The monoisotopic (exact) mass is 278 g/mol. The molecular formula is C10H12F2N2O5. The van der Waals surface area contributed by atoms with Gasteiger partial charge in [0, 0.05) is 6.42 Å². The molecule has 7 nitrogen and oxygen atoms in total. The number of hydrogen-bond donors (Lipinski definition) is 3. The van der Waals surface area contributed by atoms with E-state index >= 15 is 0 Å². The Balaban J connectivity index is 2.41. The lowest BCUT2D eigenvalue weighted by atomic mass is 10.0. The summed E-state index contributed by atoms with van der Waals surface area (Å²) >= 11 is 0. The fourth-order valence-corrected chi connectivity index (χ4v) is 1.97. The molecule has 0 radical (unpaired) electrons. The first-order valence-electron chi connectivity index (χ1n) is 5.47. The van der Waals surface area contributed by atoms with Crippen molar-refractivity contribution in [1.82, 2.24) is 9.55 Å². The molecule has 1 saturated heterocycles. The summed E-state index contributed by atoms with van der Waals surface area (Å²) in [6, 6.07) is 0. The van der Waals surface area contributed by atoms with Gasteiger partial charge in [-0.05, 0) is 0 Å². The number of hydrogen-bond acceptors (Lipinski definition) is 5. The second kappa shape index (κ2) is 4.83. The normalized spacial score (nSPS) is 25.7. The molecule has 19 heavy (non-hydrogen) atoms. The van der Waals surface area contributed by atoms with Gasteiger partial charge in [-0.25, -0.2) is 9.18 Å². The van der Waals surface area contributed by atoms with Crippen LogP contribution in [-0.2, 0) is 4.74 Å². The van der Waals surface area contributed by atoms with Crippen molar-refractivity contribution in [1.29, 1.82) is 0 Å². The molecule has 9 heteroatoms. The Bertz CT molecular complexity index is 580. The van der Waals surface area contributed by atoms with Crippen LogP contribution < -0.4 is 11.2 Å². The van der Waals surface area contributed by atoms with Gasteiger partial charge in [-0.2, -0.15) is 4.39 Å². The van der Waals surface area contributed by atoms with E-state index in [-0.39, 0.29) is 6.42 Å². The molecule has 1 aliphatic heterocycles. The average molecular weight is 278 g/mol. The van der Waals surface area contributed by atoms with Crippen LogP contribution in [0.3, 0.4) is 0 Å². The summed E-state index contributed by atoms with van der Waals surface area (Å²) in [5.41, 5.74) is -3.79. The van der Waals surface area contributed by atoms with Crippen LogP contribution in [0.5, 0.6) is 0 Å². The quantitative estimate of drug-likeness (QED) is 0.634. The van der Waals surface area contributed by atoms with E-state index in [1.165, 1.54) is 0 Å². The SMILES string of the molecule is O=c1[nH]c(=O)n(C2OC(CO)(CO)C[C@@H]2F)cc1F. The van der Waals surface area contributed by atoms with E-state index in [9.17, 15) is 18.4 Å². The predicted octanol–water partition coefficient (Wildman–Crippen LogP) is -1.34. The van der Waals surface area contributed by atoms with Gasteiger partial charge in [-0.3, -0.25) is 14.3 Å². The van der Waals surface area contributed by atoms with Crippen molar-refractivity contribution in [3.05, 3.63) is 32.9 Å². The Morgan fingerprint density at radius 2 is 2.11 bits per heavy atom. The minimum Gasteiger partial charge on any atom is -0.393 e. The van der Waals surface area contributed by atoms with Crippen LogP contribution in [0.4, 0.5) is 8.78 Å². The van der Waals surface area contributed by atoms with Crippen LogP contribution in [0, 0.1) is 5.82 Å². The number of aliphatic hydroxyl groups is 2. The van der Waals surface area contributed by atoms with E-state index in [1.807, 2.05) is 0 Å². The molecule has 0 aliphatic carbocycles. The largest absolute Gasteiger partial charge is 0.393 e. The lowest BCUT2D eigenvalue weighted by molar-refractivity contribution is -0.126. The summed E-state index contributed by atoms with van der Waals surface area (Å²) in [6.07, 6.45) is -3.07. The van der Waals surface area contributed by atoms with Crippen LogP contribution >= 0.6 is 0 Å². The van der Waals surface area contributed by atoms with Gasteiger partial charge in [0.25, 0.3) is 5.56 Å². The highest BCUT2D eigenvalue weighted by atomic mass is 19.1. The number of H-pyrrole nitrogens is 1. The molecule has 2 atom stereocenters. The number of rotatable bonds is 3. The summed E-state index contributed by atoms with van der Waals surface area (Å²) in [7, 11) is 0. The second-order valence-electron chi connectivity index (χ2n) is 4.37. The number of aromatic amines is 1. The molecule has 106 valence electrons. The van der Waals surface area contributed by atoms with Gasteiger partial charge in [0.1, 0.15) is 11.8 Å². The third-order valence-corrected chi connectivity index (χ3v) is 3.02. The number of aromatic nitrogens is 2. The molecule has 0 saturated carbocycles. The smallest absolute Gasteiger partial charge is 0.330 e. The number of halogens is 2. The molecule has 0 spiro atoms. The van der Waals surface area contributed by atoms with E-state index < -0.39 is 48.3 Å². The van der Waals surface area contributed by atoms with Gasteiger partial charge >= 0.3 is 5.69 Å². The highest BCUT2D eigenvalue weighted by molar-refractivity contribution is 4.96. The van der Waals surface area contributed by atoms with Crippen molar-refractivity contribution in [3.63, 3.8) is 0 Å². The maximum atomic E-state index is 13.8. The van der Waals surface area contributed by atoms with Crippen molar-refractivity contribution >= 4 is 0 Å². The fourth-order valence-electron chi connectivity index (χ4n) is 1.97. The zero-order valence-corrected chi connectivity index (χ0v) is 9.68. The molecule has 0 amide bonds. The average Bonchev–Trinajstić information content (AvgIpc) is 2.72. The highest BCUT2D eigenvalue weighted by Gasteiger charge is 2.47. The van der Waals surface area contributed by atoms with Crippen molar-refractivity contribution < 1.29 is 23.7 Å². The van der Waals surface area contributed by atoms with E-state index in [4.69, 9.17) is 14.9 Å². The fraction of sp³-hybridized carbons (Fsp3) is 0.600. The number of nitrogens with zero attached hydrogens (tertiary/aromatic N) is 1. The van der Waals surface area contributed by atoms with Crippen molar-refractivity contribution in [2.75, 3.05) is 13.2 Å².